The highest BCUT2D eigenvalue weighted by atomic mass is 16.7. The second kappa shape index (κ2) is 7.17. The van der Waals surface area contributed by atoms with Crippen molar-refractivity contribution in [3.05, 3.63) is 30.1 Å². The number of nitrogens with zero attached hydrogens (tertiary/aromatic N) is 3. The molecule has 1 aromatic rings. The van der Waals surface area contributed by atoms with E-state index in [0.29, 0.717) is 19.1 Å². The monoisotopic (exact) mass is 331 g/mol. The van der Waals surface area contributed by atoms with Gasteiger partial charge in [0.1, 0.15) is 0 Å². The minimum absolute atomic E-state index is 0.0342. The van der Waals surface area contributed by atoms with Gasteiger partial charge in [-0.25, -0.2) is 5.06 Å². The molecule has 3 fully saturated rings. The van der Waals surface area contributed by atoms with Crippen LogP contribution >= 0.6 is 0 Å². The molecule has 3 aliphatic rings. The second-order valence-electron chi connectivity index (χ2n) is 6.96. The van der Waals surface area contributed by atoms with Gasteiger partial charge >= 0.3 is 0 Å². The van der Waals surface area contributed by atoms with Gasteiger partial charge in [0.2, 0.25) is 0 Å². The quantitative estimate of drug-likeness (QED) is 0.840. The molecule has 0 aliphatic carbocycles. The summed E-state index contributed by atoms with van der Waals surface area (Å²) >= 11 is 0. The van der Waals surface area contributed by atoms with Crippen molar-refractivity contribution < 1.29 is 14.4 Å². The molecule has 4 heterocycles. The molecule has 24 heavy (non-hydrogen) atoms. The Kier molecular flexibility index (Phi) is 4.78. The van der Waals surface area contributed by atoms with Crippen molar-refractivity contribution >= 4 is 5.91 Å². The van der Waals surface area contributed by atoms with E-state index >= 15 is 0 Å². The van der Waals surface area contributed by atoms with E-state index in [9.17, 15) is 4.79 Å². The maximum atomic E-state index is 13.0. The number of carbonyl (C=O) groups is 1. The molecule has 0 radical (unpaired) electrons. The average molecular weight is 331 g/mol. The standard InChI is InChI=1S/C18H25N3O3/c22-18(21-8-3-4-9-24-21)16-12-20(11-14-5-1-2-7-19-14)13-17-15(16)6-10-23-17/h1-2,5,7,15-17H,3-4,6,8-13H2/t15-,16-,17+/m1/s1. The Hall–Kier alpha value is -1.50. The Morgan fingerprint density at radius 2 is 2.21 bits per heavy atom. The van der Waals surface area contributed by atoms with Gasteiger partial charge in [0, 0.05) is 44.9 Å². The lowest BCUT2D eigenvalue weighted by Crippen LogP contribution is -2.53. The number of piperidine rings is 1. The highest BCUT2D eigenvalue weighted by Crippen LogP contribution is 2.35. The third-order valence-corrected chi connectivity index (χ3v) is 5.35. The topological polar surface area (TPSA) is 54.9 Å². The third kappa shape index (κ3) is 3.31. The normalized spacial score (nSPS) is 31.0. The summed E-state index contributed by atoms with van der Waals surface area (Å²) in [5.41, 5.74) is 1.04. The fraction of sp³-hybridized carbons (Fsp3) is 0.667. The molecule has 3 aliphatic heterocycles. The Labute approximate surface area is 142 Å². The molecular formula is C18H25N3O3. The molecule has 1 aromatic heterocycles. The highest BCUT2D eigenvalue weighted by molar-refractivity contribution is 5.78. The SMILES string of the molecule is O=C([C@@H]1CN(Cc2ccccn2)C[C@@H]2OCC[C@@H]21)N1CCCCO1. The Balaban J connectivity index is 1.47. The maximum Gasteiger partial charge on any atom is 0.250 e. The summed E-state index contributed by atoms with van der Waals surface area (Å²) in [6, 6.07) is 5.97. The summed E-state index contributed by atoms with van der Waals surface area (Å²) in [5.74, 6) is 0.428. The lowest BCUT2D eigenvalue weighted by molar-refractivity contribution is -0.205. The third-order valence-electron chi connectivity index (χ3n) is 5.35. The van der Waals surface area contributed by atoms with E-state index in [0.717, 1.165) is 51.2 Å². The van der Waals surface area contributed by atoms with Crippen LogP contribution in [0.3, 0.4) is 0 Å². The van der Waals surface area contributed by atoms with Gasteiger partial charge in [-0.05, 0) is 31.4 Å². The minimum Gasteiger partial charge on any atom is -0.377 e. The molecule has 1 amide bonds. The van der Waals surface area contributed by atoms with Crippen molar-refractivity contribution in [3.63, 3.8) is 0 Å². The Morgan fingerprint density at radius 1 is 1.25 bits per heavy atom. The molecule has 0 unspecified atom stereocenters. The van der Waals surface area contributed by atoms with Crippen LogP contribution in [0.4, 0.5) is 0 Å². The van der Waals surface area contributed by atoms with Crippen LogP contribution < -0.4 is 0 Å². The smallest absolute Gasteiger partial charge is 0.250 e. The van der Waals surface area contributed by atoms with Gasteiger partial charge in [0.25, 0.3) is 5.91 Å². The molecule has 0 spiro atoms. The predicted molar refractivity (Wildman–Crippen MR) is 87.8 cm³/mol. The highest BCUT2D eigenvalue weighted by Gasteiger charge is 2.45. The first-order valence-corrected chi connectivity index (χ1v) is 8.99. The second-order valence-corrected chi connectivity index (χ2v) is 6.96. The number of fused-ring (bicyclic) bond motifs is 1. The van der Waals surface area contributed by atoms with Gasteiger partial charge in [-0.3, -0.25) is 19.5 Å². The first-order valence-electron chi connectivity index (χ1n) is 8.99. The van der Waals surface area contributed by atoms with Crippen LogP contribution in [0.5, 0.6) is 0 Å². The average Bonchev–Trinajstić information content (AvgIpc) is 3.10. The van der Waals surface area contributed by atoms with Crippen LogP contribution in [0.1, 0.15) is 25.0 Å². The van der Waals surface area contributed by atoms with Gasteiger partial charge in [0.15, 0.2) is 0 Å². The number of carbonyl (C=O) groups excluding carboxylic acids is 1. The molecule has 130 valence electrons. The van der Waals surface area contributed by atoms with Crippen LogP contribution in [0.2, 0.25) is 0 Å². The fourth-order valence-corrected chi connectivity index (χ4v) is 4.12. The Morgan fingerprint density at radius 3 is 3.00 bits per heavy atom. The summed E-state index contributed by atoms with van der Waals surface area (Å²) in [4.78, 5) is 25.3. The summed E-state index contributed by atoms with van der Waals surface area (Å²) < 4.78 is 5.92. The van der Waals surface area contributed by atoms with Gasteiger partial charge in [-0.2, -0.15) is 0 Å². The first-order chi connectivity index (χ1) is 11.8. The van der Waals surface area contributed by atoms with E-state index in [1.165, 1.54) is 0 Å². The number of rotatable bonds is 3. The summed E-state index contributed by atoms with van der Waals surface area (Å²) in [6.07, 6.45) is 5.02. The van der Waals surface area contributed by atoms with Gasteiger partial charge < -0.3 is 4.74 Å². The summed E-state index contributed by atoms with van der Waals surface area (Å²) in [5, 5.41) is 1.60. The molecule has 3 atom stereocenters. The molecule has 0 aromatic carbocycles. The van der Waals surface area contributed by atoms with E-state index in [4.69, 9.17) is 9.57 Å². The zero-order valence-corrected chi connectivity index (χ0v) is 14.0. The van der Waals surface area contributed by atoms with Crippen molar-refractivity contribution in [3.8, 4) is 0 Å². The van der Waals surface area contributed by atoms with Crippen LogP contribution in [0.15, 0.2) is 24.4 Å². The molecule has 0 N–H and O–H groups in total. The van der Waals surface area contributed by atoms with Crippen molar-refractivity contribution in [2.75, 3.05) is 32.8 Å². The molecule has 0 bridgehead atoms. The first kappa shape index (κ1) is 16.0. The number of aromatic nitrogens is 1. The molecule has 4 rings (SSSR count). The van der Waals surface area contributed by atoms with Crippen LogP contribution in [-0.2, 0) is 20.9 Å². The zero-order chi connectivity index (χ0) is 16.4. The van der Waals surface area contributed by atoms with E-state index in [1.807, 2.05) is 24.4 Å². The fourth-order valence-electron chi connectivity index (χ4n) is 4.12. The van der Waals surface area contributed by atoms with Crippen LogP contribution in [0, 0.1) is 11.8 Å². The van der Waals surface area contributed by atoms with E-state index in [1.54, 1.807) is 5.06 Å². The van der Waals surface area contributed by atoms with Crippen LogP contribution in [-0.4, -0.2) is 59.8 Å². The number of hydrogen-bond acceptors (Lipinski definition) is 5. The minimum atomic E-state index is -0.0342. The van der Waals surface area contributed by atoms with E-state index < -0.39 is 0 Å². The number of ether oxygens (including phenoxy) is 1. The molecular weight excluding hydrogens is 306 g/mol. The van der Waals surface area contributed by atoms with E-state index in [2.05, 4.69) is 9.88 Å². The molecule has 6 heteroatoms. The van der Waals surface area contributed by atoms with Crippen molar-refractivity contribution in [1.29, 1.82) is 0 Å². The van der Waals surface area contributed by atoms with Gasteiger partial charge in [0.05, 0.1) is 24.3 Å². The number of pyridine rings is 1. The molecule has 3 saturated heterocycles. The largest absolute Gasteiger partial charge is 0.377 e. The molecule has 6 nitrogen and oxygen atoms in total. The van der Waals surface area contributed by atoms with Gasteiger partial charge in [-0.15, -0.1) is 0 Å². The predicted octanol–water partition coefficient (Wildman–Crippen LogP) is 1.47. The number of hydrogen-bond donors (Lipinski definition) is 0. The number of hydroxylamine groups is 2. The van der Waals surface area contributed by atoms with E-state index in [-0.39, 0.29) is 17.9 Å². The summed E-state index contributed by atoms with van der Waals surface area (Å²) in [7, 11) is 0. The zero-order valence-electron chi connectivity index (χ0n) is 14.0. The van der Waals surface area contributed by atoms with Crippen molar-refractivity contribution in [1.82, 2.24) is 14.9 Å². The number of likely N-dealkylation sites (tertiary alicyclic amines) is 1. The maximum absolute atomic E-state index is 13.0. The van der Waals surface area contributed by atoms with Crippen LogP contribution in [0.25, 0.3) is 0 Å². The Bertz CT molecular complexity index is 562. The van der Waals surface area contributed by atoms with Gasteiger partial charge in [-0.1, -0.05) is 6.07 Å². The van der Waals surface area contributed by atoms with Crippen molar-refractivity contribution in [2.45, 2.75) is 31.9 Å². The lowest BCUT2D eigenvalue weighted by atomic mass is 9.82. The van der Waals surface area contributed by atoms with Crippen molar-refractivity contribution in [2.24, 2.45) is 11.8 Å². The number of amides is 1. The molecule has 0 saturated carbocycles. The summed E-state index contributed by atoms with van der Waals surface area (Å²) in [6.45, 7) is 4.54. The lowest BCUT2D eigenvalue weighted by Gasteiger charge is -2.41.